The zero-order valence-corrected chi connectivity index (χ0v) is 18.1. The smallest absolute Gasteiger partial charge is 0.243 e. The predicted octanol–water partition coefficient (Wildman–Crippen LogP) is 4.23. The van der Waals surface area contributed by atoms with Crippen LogP contribution in [-0.2, 0) is 14.8 Å². The van der Waals surface area contributed by atoms with E-state index < -0.39 is 10.0 Å². The zero-order chi connectivity index (χ0) is 21.0. The molecule has 1 aliphatic heterocycles. The average molecular weight is 437 g/mol. The molecule has 0 bridgehead atoms. The molecular formula is C21H25ClN2O4S. The molecule has 0 aromatic heterocycles. The molecule has 1 heterocycles. The van der Waals surface area contributed by atoms with E-state index >= 15 is 0 Å². The van der Waals surface area contributed by atoms with Crippen molar-refractivity contribution in [2.75, 3.05) is 19.0 Å². The Morgan fingerprint density at radius 3 is 2.62 bits per heavy atom. The fourth-order valence-electron chi connectivity index (χ4n) is 3.54. The van der Waals surface area contributed by atoms with Gasteiger partial charge >= 0.3 is 0 Å². The molecule has 1 amide bonds. The Bertz CT molecular complexity index is 977. The number of hydrogen-bond donors (Lipinski definition) is 1. The SMILES string of the molecule is COc1ccc(S(=O)(=O)N2CCCC[C@@H]2CC(=O)Nc2cccc(Cl)c2C)cc1. The van der Waals surface area contributed by atoms with Gasteiger partial charge in [-0.05, 0) is 61.7 Å². The number of carbonyl (C=O) groups is 1. The van der Waals surface area contributed by atoms with E-state index in [0.717, 1.165) is 18.4 Å². The van der Waals surface area contributed by atoms with Crippen LogP contribution in [0.4, 0.5) is 5.69 Å². The Balaban J connectivity index is 1.76. The highest BCUT2D eigenvalue weighted by molar-refractivity contribution is 7.89. The summed E-state index contributed by atoms with van der Waals surface area (Å²) in [7, 11) is -2.16. The highest BCUT2D eigenvalue weighted by Crippen LogP contribution is 2.29. The summed E-state index contributed by atoms with van der Waals surface area (Å²) in [6, 6.07) is 11.3. The number of nitrogens with one attached hydrogen (secondary N) is 1. The lowest BCUT2D eigenvalue weighted by Crippen LogP contribution is -2.45. The number of hydrogen-bond acceptors (Lipinski definition) is 4. The minimum Gasteiger partial charge on any atom is -0.497 e. The fraction of sp³-hybridized carbons (Fsp3) is 0.381. The van der Waals surface area contributed by atoms with Crippen LogP contribution < -0.4 is 10.1 Å². The highest BCUT2D eigenvalue weighted by atomic mass is 35.5. The molecule has 0 radical (unpaired) electrons. The first-order valence-electron chi connectivity index (χ1n) is 9.54. The molecule has 1 atom stereocenters. The number of sulfonamides is 1. The van der Waals surface area contributed by atoms with Crippen molar-refractivity contribution in [1.82, 2.24) is 4.31 Å². The second kappa shape index (κ2) is 9.15. The lowest BCUT2D eigenvalue weighted by atomic mass is 10.0. The lowest BCUT2D eigenvalue weighted by Gasteiger charge is -2.34. The van der Waals surface area contributed by atoms with Crippen LogP contribution in [0.5, 0.6) is 5.75 Å². The maximum atomic E-state index is 13.2. The van der Waals surface area contributed by atoms with Gasteiger partial charge in [0.15, 0.2) is 0 Å². The van der Waals surface area contributed by atoms with Gasteiger partial charge in [0.25, 0.3) is 0 Å². The summed E-state index contributed by atoms with van der Waals surface area (Å²) >= 11 is 6.11. The van der Waals surface area contributed by atoms with E-state index in [1.807, 2.05) is 6.92 Å². The Morgan fingerprint density at radius 2 is 1.93 bits per heavy atom. The number of nitrogens with zero attached hydrogens (tertiary/aromatic N) is 1. The maximum Gasteiger partial charge on any atom is 0.243 e. The number of methoxy groups -OCH3 is 1. The van der Waals surface area contributed by atoms with E-state index in [9.17, 15) is 13.2 Å². The summed E-state index contributed by atoms with van der Waals surface area (Å²) in [5.41, 5.74) is 1.43. The van der Waals surface area contributed by atoms with Gasteiger partial charge in [-0.25, -0.2) is 8.42 Å². The molecule has 6 nitrogen and oxygen atoms in total. The highest BCUT2D eigenvalue weighted by Gasteiger charge is 2.34. The summed E-state index contributed by atoms with van der Waals surface area (Å²) in [4.78, 5) is 12.8. The van der Waals surface area contributed by atoms with Gasteiger partial charge in [0.2, 0.25) is 15.9 Å². The molecule has 0 aliphatic carbocycles. The van der Waals surface area contributed by atoms with Gasteiger partial charge in [-0.15, -0.1) is 0 Å². The van der Waals surface area contributed by atoms with Crippen molar-refractivity contribution in [3.63, 3.8) is 0 Å². The van der Waals surface area contributed by atoms with Crippen molar-refractivity contribution in [3.05, 3.63) is 53.1 Å². The number of halogens is 1. The van der Waals surface area contributed by atoms with E-state index in [-0.39, 0.29) is 23.3 Å². The van der Waals surface area contributed by atoms with Crippen LogP contribution in [0.1, 0.15) is 31.2 Å². The summed E-state index contributed by atoms with van der Waals surface area (Å²) in [6.45, 7) is 2.24. The molecule has 1 aliphatic rings. The third-order valence-corrected chi connectivity index (χ3v) is 7.58. The van der Waals surface area contributed by atoms with Crippen molar-refractivity contribution in [1.29, 1.82) is 0 Å². The Hall–Kier alpha value is -2.09. The summed E-state index contributed by atoms with van der Waals surface area (Å²) in [5, 5.41) is 3.44. The van der Waals surface area contributed by atoms with Gasteiger partial charge in [0.1, 0.15) is 5.75 Å². The first-order valence-corrected chi connectivity index (χ1v) is 11.4. The number of ether oxygens (including phenoxy) is 1. The lowest BCUT2D eigenvalue weighted by molar-refractivity contribution is -0.117. The molecule has 0 spiro atoms. The van der Waals surface area contributed by atoms with Crippen molar-refractivity contribution in [2.45, 2.75) is 43.5 Å². The second-order valence-corrected chi connectivity index (χ2v) is 9.40. The van der Waals surface area contributed by atoms with Gasteiger partial charge in [0, 0.05) is 29.7 Å². The average Bonchev–Trinajstić information content (AvgIpc) is 2.71. The van der Waals surface area contributed by atoms with Gasteiger partial charge in [-0.1, -0.05) is 24.1 Å². The van der Waals surface area contributed by atoms with Crippen molar-refractivity contribution >= 4 is 33.2 Å². The molecule has 156 valence electrons. The van der Waals surface area contributed by atoms with Gasteiger partial charge in [-0.3, -0.25) is 4.79 Å². The van der Waals surface area contributed by atoms with Crippen molar-refractivity contribution < 1.29 is 17.9 Å². The maximum absolute atomic E-state index is 13.2. The van der Waals surface area contributed by atoms with Crippen LogP contribution in [0.2, 0.25) is 5.02 Å². The molecule has 2 aromatic carbocycles. The fourth-order valence-corrected chi connectivity index (χ4v) is 5.40. The number of carbonyl (C=O) groups excluding carboxylic acids is 1. The molecule has 29 heavy (non-hydrogen) atoms. The molecule has 0 unspecified atom stereocenters. The summed E-state index contributed by atoms with van der Waals surface area (Å²) < 4.78 is 32.9. The Morgan fingerprint density at radius 1 is 1.21 bits per heavy atom. The normalized spacial score (nSPS) is 17.7. The van der Waals surface area contributed by atoms with Gasteiger partial charge in [-0.2, -0.15) is 4.31 Å². The molecule has 3 rings (SSSR count). The van der Waals surface area contributed by atoms with Crippen molar-refractivity contribution in [3.8, 4) is 5.75 Å². The monoisotopic (exact) mass is 436 g/mol. The van der Waals surface area contributed by atoms with Crippen LogP contribution in [0.15, 0.2) is 47.4 Å². The van der Waals surface area contributed by atoms with E-state index in [4.69, 9.17) is 16.3 Å². The Labute approximate surface area is 176 Å². The van der Waals surface area contributed by atoms with Crippen LogP contribution in [0.3, 0.4) is 0 Å². The largest absolute Gasteiger partial charge is 0.497 e. The van der Waals surface area contributed by atoms with Crippen LogP contribution >= 0.6 is 11.6 Å². The number of anilines is 1. The molecule has 1 saturated heterocycles. The molecule has 1 fully saturated rings. The third-order valence-electron chi connectivity index (χ3n) is 5.20. The number of amides is 1. The minimum absolute atomic E-state index is 0.0985. The number of rotatable bonds is 6. The predicted molar refractivity (Wildman–Crippen MR) is 114 cm³/mol. The second-order valence-electron chi connectivity index (χ2n) is 7.11. The Kier molecular flexibility index (Phi) is 6.82. The van der Waals surface area contributed by atoms with E-state index in [2.05, 4.69) is 5.32 Å². The van der Waals surface area contributed by atoms with Crippen LogP contribution in [-0.4, -0.2) is 38.3 Å². The van der Waals surface area contributed by atoms with Gasteiger partial charge in [0.05, 0.1) is 12.0 Å². The van der Waals surface area contributed by atoms with Crippen LogP contribution in [0, 0.1) is 6.92 Å². The standard InChI is InChI=1S/C21H25ClN2O4S/c1-15-19(22)7-5-8-20(15)23-21(25)14-16-6-3-4-13-24(16)29(26,27)18-11-9-17(28-2)10-12-18/h5,7-12,16H,3-4,6,13-14H2,1-2H3,(H,23,25)/t16-/m1/s1. The first kappa shape index (κ1) is 21.6. The zero-order valence-electron chi connectivity index (χ0n) is 16.5. The number of benzene rings is 2. The minimum atomic E-state index is -3.69. The first-order chi connectivity index (χ1) is 13.8. The molecule has 2 aromatic rings. The quantitative estimate of drug-likeness (QED) is 0.735. The topological polar surface area (TPSA) is 75.7 Å². The number of piperidine rings is 1. The molecule has 0 saturated carbocycles. The summed E-state index contributed by atoms with van der Waals surface area (Å²) in [5.74, 6) is 0.368. The molecular weight excluding hydrogens is 412 g/mol. The molecule has 1 N–H and O–H groups in total. The van der Waals surface area contributed by atoms with E-state index in [0.29, 0.717) is 29.4 Å². The molecule has 8 heteroatoms. The summed E-state index contributed by atoms with van der Waals surface area (Å²) in [6.07, 6.45) is 2.42. The van der Waals surface area contributed by atoms with E-state index in [1.165, 1.54) is 23.5 Å². The van der Waals surface area contributed by atoms with Gasteiger partial charge < -0.3 is 10.1 Å². The van der Waals surface area contributed by atoms with Crippen LogP contribution in [0.25, 0.3) is 0 Å². The van der Waals surface area contributed by atoms with Crippen molar-refractivity contribution in [2.24, 2.45) is 0 Å². The van der Waals surface area contributed by atoms with E-state index in [1.54, 1.807) is 30.3 Å². The third kappa shape index (κ3) is 4.91.